The number of aliphatic hydroxyl groups excluding tert-OH is 1. The predicted molar refractivity (Wildman–Crippen MR) is 87.9 cm³/mol. The molecule has 1 aliphatic rings. The fraction of sp³-hybridized carbons (Fsp3) is 0.938. The first-order valence-corrected chi connectivity index (χ1v) is 8.44. The third-order valence-electron chi connectivity index (χ3n) is 3.94. The van der Waals surface area contributed by atoms with Crippen LogP contribution in [0.15, 0.2) is 0 Å². The van der Waals surface area contributed by atoms with Gasteiger partial charge in [0.25, 0.3) is 0 Å². The zero-order chi connectivity index (χ0) is 16.5. The molecule has 1 heterocycles. The molecule has 0 spiro atoms. The second-order valence-electron chi connectivity index (χ2n) is 6.49. The Morgan fingerprint density at radius 3 is 2.32 bits per heavy atom. The minimum absolute atomic E-state index is 0.105. The van der Waals surface area contributed by atoms with Crippen molar-refractivity contribution in [2.45, 2.75) is 52.4 Å². The number of ether oxygens (including phenoxy) is 1. The Hall–Kier alpha value is -0.690. The van der Waals surface area contributed by atoms with E-state index in [1.807, 2.05) is 20.8 Å². The van der Waals surface area contributed by atoms with E-state index in [4.69, 9.17) is 4.74 Å². The van der Waals surface area contributed by atoms with Gasteiger partial charge < -0.3 is 15.2 Å². The molecule has 0 saturated carbocycles. The molecule has 0 radical (unpaired) electrons. The summed E-state index contributed by atoms with van der Waals surface area (Å²) in [5.41, 5.74) is 0. The summed E-state index contributed by atoms with van der Waals surface area (Å²) in [4.78, 5) is 16.3. The van der Waals surface area contributed by atoms with E-state index in [1.54, 1.807) is 0 Å². The molecule has 1 rings (SSSR count). The molecule has 2 unspecified atom stereocenters. The first-order chi connectivity index (χ1) is 10.4. The molecule has 6 nitrogen and oxygen atoms in total. The van der Waals surface area contributed by atoms with Gasteiger partial charge in [0, 0.05) is 38.8 Å². The van der Waals surface area contributed by atoms with Crippen molar-refractivity contribution in [2.75, 3.05) is 45.9 Å². The Balaban J connectivity index is 2.19. The zero-order valence-corrected chi connectivity index (χ0v) is 14.5. The number of carbonyl (C=O) groups is 1. The van der Waals surface area contributed by atoms with Gasteiger partial charge in [-0.25, -0.2) is 0 Å². The summed E-state index contributed by atoms with van der Waals surface area (Å²) in [7, 11) is 0. The van der Waals surface area contributed by atoms with Crippen molar-refractivity contribution in [3.8, 4) is 0 Å². The van der Waals surface area contributed by atoms with Gasteiger partial charge in [0.2, 0.25) is 5.91 Å². The molecular formula is C16H33N3O3. The van der Waals surface area contributed by atoms with Gasteiger partial charge in [-0.3, -0.25) is 14.6 Å². The summed E-state index contributed by atoms with van der Waals surface area (Å²) in [5, 5.41) is 12.9. The predicted octanol–water partition coefficient (Wildman–Crippen LogP) is 0.305. The van der Waals surface area contributed by atoms with Gasteiger partial charge in [-0.05, 0) is 27.2 Å². The highest BCUT2D eigenvalue weighted by Crippen LogP contribution is 2.04. The summed E-state index contributed by atoms with van der Waals surface area (Å²) in [5.74, 6) is 0.105. The van der Waals surface area contributed by atoms with Crippen LogP contribution in [0, 0.1) is 0 Å². The van der Waals surface area contributed by atoms with Crippen LogP contribution >= 0.6 is 0 Å². The Morgan fingerprint density at radius 2 is 1.77 bits per heavy atom. The van der Waals surface area contributed by atoms with E-state index < -0.39 is 6.10 Å². The largest absolute Gasteiger partial charge is 0.389 e. The summed E-state index contributed by atoms with van der Waals surface area (Å²) in [6, 6.07) is 0.241. The van der Waals surface area contributed by atoms with Gasteiger partial charge in [0.05, 0.1) is 25.4 Å². The van der Waals surface area contributed by atoms with Crippen LogP contribution in [0.1, 0.15) is 34.1 Å². The van der Waals surface area contributed by atoms with Gasteiger partial charge >= 0.3 is 0 Å². The molecule has 1 aliphatic heterocycles. The van der Waals surface area contributed by atoms with Gasteiger partial charge in [-0.1, -0.05) is 6.92 Å². The Kier molecular flexibility index (Phi) is 8.93. The third kappa shape index (κ3) is 8.08. The van der Waals surface area contributed by atoms with Gasteiger partial charge in [-0.2, -0.15) is 0 Å². The van der Waals surface area contributed by atoms with Crippen LogP contribution in [0.2, 0.25) is 0 Å². The lowest BCUT2D eigenvalue weighted by Crippen LogP contribution is -2.51. The standard InChI is InChI=1S/C16H33N3O3/c1-5-14(4)17-16(21)11-19-8-6-18(7-9-19)10-15(20)12-22-13(2)3/h13-15,20H,5-12H2,1-4H3,(H,17,21). The molecule has 0 aromatic heterocycles. The number of rotatable bonds is 9. The lowest BCUT2D eigenvalue weighted by molar-refractivity contribution is -0.123. The molecule has 22 heavy (non-hydrogen) atoms. The van der Waals surface area contributed by atoms with E-state index >= 15 is 0 Å². The van der Waals surface area contributed by atoms with Gasteiger partial charge in [0.1, 0.15) is 0 Å². The first kappa shape index (κ1) is 19.4. The molecule has 1 fully saturated rings. The quantitative estimate of drug-likeness (QED) is 0.641. The maximum Gasteiger partial charge on any atom is 0.234 e. The van der Waals surface area contributed by atoms with Crippen LogP contribution in [-0.2, 0) is 9.53 Å². The molecule has 0 aromatic carbocycles. The second-order valence-corrected chi connectivity index (χ2v) is 6.49. The molecule has 2 atom stereocenters. The average molecular weight is 315 g/mol. The topological polar surface area (TPSA) is 65.0 Å². The van der Waals surface area contributed by atoms with Crippen LogP contribution in [0.5, 0.6) is 0 Å². The molecule has 2 N–H and O–H groups in total. The molecule has 0 aliphatic carbocycles. The third-order valence-corrected chi connectivity index (χ3v) is 3.94. The van der Waals surface area contributed by atoms with Crippen molar-refractivity contribution in [3.05, 3.63) is 0 Å². The van der Waals surface area contributed by atoms with Crippen LogP contribution in [0.4, 0.5) is 0 Å². The fourth-order valence-corrected chi connectivity index (χ4v) is 2.41. The van der Waals surface area contributed by atoms with Crippen molar-refractivity contribution in [3.63, 3.8) is 0 Å². The summed E-state index contributed by atoms with van der Waals surface area (Å²) in [6.07, 6.45) is 0.661. The lowest BCUT2D eigenvalue weighted by atomic mass is 10.2. The molecular weight excluding hydrogens is 282 g/mol. The minimum atomic E-state index is -0.442. The van der Waals surface area contributed by atoms with Crippen molar-refractivity contribution >= 4 is 5.91 Å². The van der Waals surface area contributed by atoms with Crippen molar-refractivity contribution in [2.24, 2.45) is 0 Å². The number of nitrogens with one attached hydrogen (secondary N) is 1. The second kappa shape index (κ2) is 10.2. The van der Waals surface area contributed by atoms with E-state index in [9.17, 15) is 9.90 Å². The molecule has 130 valence electrons. The van der Waals surface area contributed by atoms with Crippen molar-refractivity contribution < 1.29 is 14.6 Å². The van der Waals surface area contributed by atoms with E-state index in [2.05, 4.69) is 22.0 Å². The highest BCUT2D eigenvalue weighted by Gasteiger charge is 2.21. The number of nitrogens with zero attached hydrogens (tertiary/aromatic N) is 2. The number of aliphatic hydroxyl groups is 1. The fourth-order valence-electron chi connectivity index (χ4n) is 2.41. The summed E-state index contributed by atoms with van der Waals surface area (Å²) >= 11 is 0. The van der Waals surface area contributed by atoms with E-state index in [0.29, 0.717) is 19.7 Å². The highest BCUT2D eigenvalue weighted by molar-refractivity contribution is 5.78. The van der Waals surface area contributed by atoms with Crippen LogP contribution in [0.25, 0.3) is 0 Å². The number of piperazine rings is 1. The molecule has 1 amide bonds. The SMILES string of the molecule is CCC(C)NC(=O)CN1CCN(CC(O)COC(C)C)CC1. The summed E-state index contributed by atoms with van der Waals surface area (Å²) < 4.78 is 5.43. The zero-order valence-electron chi connectivity index (χ0n) is 14.5. The number of hydrogen-bond acceptors (Lipinski definition) is 5. The van der Waals surface area contributed by atoms with Crippen LogP contribution < -0.4 is 5.32 Å². The smallest absolute Gasteiger partial charge is 0.234 e. The van der Waals surface area contributed by atoms with E-state index in [1.165, 1.54) is 0 Å². The Morgan fingerprint density at radius 1 is 1.18 bits per heavy atom. The maximum absolute atomic E-state index is 11.9. The van der Waals surface area contributed by atoms with Crippen LogP contribution in [-0.4, -0.2) is 84.9 Å². The van der Waals surface area contributed by atoms with Crippen molar-refractivity contribution in [1.29, 1.82) is 0 Å². The molecule has 0 bridgehead atoms. The Bertz CT molecular complexity index is 318. The number of hydrogen-bond donors (Lipinski definition) is 2. The van der Waals surface area contributed by atoms with Gasteiger partial charge in [-0.15, -0.1) is 0 Å². The summed E-state index contributed by atoms with van der Waals surface area (Å²) in [6.45, 7) is 13.0. The minimum Gasteiger partial charge on any atom is -0.389 e. The van der Waals surface area contributed by atoms with Crippen LogP contribution in [0.3, 0.4) is 0 Å². The van der Waals surface area contributed by atoms with Crippen molar-refractivity contribution in [1.82, 2.24) is 15.1 Å². The van der Waals surface area contributed by atoms with Gasteiger partial charge in [0.15, 0.2) is 0 Å². The number of β-amino-alcohol motifs (C(OH)–C–C–N with tert-alkyl or cyclic N) is 1. The van der Waals surface area contributed by atoms with E-state index in [0.717, 1.165) is 32.6 Å². The molecule has 6 heteroatoms. The Labute approximate surface area is 134 Å². The maximum atomic E-state index is 11.9. The highest BCUT2D eigenvalue weighted by atomic mass is 16.5. The monoisotopic (exact) mass is 315 g/mol. The lowest BCUT2D eigenvalue weighted by Gasteiger charge is -2.35. The normalized spacial score (nSPS) is 20.1. The number of amides is 1. The van der Waals surface area contributed by atoms with E-state index in [-0.39, 0.29) is 18.1 Å². The first-order valence-electron chi connectivity index (χ1n) is 8.44. The average Bonchev–Trinajstić information content (AvgIpc) is 2.47. The molecule has 1 saturated heterocycles. The number of carbonyl (C=O) groups excluding carboxylic acids is 1. The molecule has 0 aromatic rings.